The minimum atomic E-state index is -1.96. The zero-order chi connectivity index (χ0) is 29.2. The number of aliphatic hydroxyl groups is 1. The van der Waals surface area contributed by atoms with Gasteiger partial charge in [0.1, 0.15) is 24.4 Å². The molecule has 10 nitrogen and oxygen atoms in total. The molecular formula is C28H35FN4O6S. The van der Waals surface area contributed by atoms with Crippen LogP contribution in [-0.2, 0) is 25.7 Å². The number of thiazole rings is 1. The van der Waals surface area contributed by atoms with Crippen molar-refractivity contribution in [2.45, 2.75) is 77.4 Å². The first kappa shape index (κ1) is 29.6. The van der Waals surface area contributed by atoms with E-state index >= 15 is 0 Å². The zero-order valence-corrected chi connectivity index (χ0v) is 23.8. The lowest BCUT2D eigenvalue weighted by molar-refractivity contribution is -0.145. The molecule has 3 amide bonds. The summed E-state index contributed by atoms with van der Waals surface area (Å²) in [5.74, 6) is -1.45. The normalized spacial score (nSPS) is 20.5. The number of aryl methyl sites for hydroxylation is 1. The van der Waals surface area contributed by atoms with Crippen molar-refractivity contribution in [2.75, 3.05) is 13.2 Å². The topological polar surface area (TPSA) is 138 Å². The molecule has 2 aliphatic rings. The largest absolute Gasteiger partial charge is 0.486 e. The number of hydrogen-bond donors (Lipinski definition) is 3. The van der Waals surface area contributed by atoms with Gasteiger partial charge in [-0.05, 0) is 36.8 Å². The molecule has 0 unspecified atom stereocenters. The Hall–Kier alpha value is -3.38. The maximum Gasteiger partial charge on any atom is 0.258 e. The van der Waals surface area contributed by atoms with E-state index in [-0.39, 0.29) is 39.0 Å². The Kier molecular flexibility index (Phi) is 8.60. The van der Waals surface area contributed by atoms with E-state index in [1.165, 1.54) is 16.2 Å². The molecular weight excluding hydrogens is 539 g/mol. The first-order valence-corrected chi connectivity index (χ1v) is 14.1. The van der Waals surface area contributed by atoms with Gasteiger partial charge >= 0.3 is 0 Å². The van der Waals surface area contributed by atoms with Crippen LogP contribution in [0, 0.1) is 12.3 Å². The highest BCUT2D eigenvalue weighted by Gasteiger charge is 2.53. The highest BCUT2D eigenvalue weighted by Crippen LogP contribution is 2.40. The van der Waals surface area contributed by atoms with Gasteiger partial charge in [0.2, 0.25) is 11.8 Å². The molecule has 40 heavy (non-hydrogen) atoms. The van der Waals surface area contributed by atoms with Crippen molar-refractivity contribution in [3.8, 4) is 16.2 Å². The van der Waals surface area contributed by atoms with Gasteiger partial charge in [0, 0.05) is 25.1 Å². The predicted octanol–water partition coefficient (Wildman–Crippen LogP) is 2.31. The molecule has 1 aliphatic heterocycles. The van der Waals surface area contributed by atoms with E-state index < -0.39 is 47.0 Å². The number of carbonyl (C=O) groups is 4. The number of β-amino-alcohol motifs (C(OH)–C–C–N with tert-alkyl or cyclic N) is 1. The number of aliphatic hydroxyl groups excluding tert-OH is 1. The maximum absolute atomic E-state index is 14.4. The average Bonchev–Trinajstić information content (AvgIpc) is 3.31. The van der Waals surface area contributed by atoms with E-state index in [4.69, 9.17) is 4.74 Å². The lowest BCUT2D eigenvalue weighted by Crippen LogP contribution is -2.59. The summed E-state index contributed by atoms with van der Waals surface area (Å²) in [5.41, 5.74) is 1.36. The molecule has 0 bridgehead atoms. The maximum atomic E-state index is 14.4. The summed E-state index contributed by atoms with van der Waals surface area (Å²) in [6.07, 6.45) is -0.0515. The highest BCUT2D eigenvalue weighted by molar-refractivity contribution is 7.13. The van der Waals surface area contributed by atoms with Crippen molar-refractivity contribution < 1.29 is 33.4 Å². The Balaban J connectivity index is 1.49. The fourth-order valence-corrected chi connectivity index (χ4v) is 5.50. The Labute approximate surface area is 236 Å². The molecule has 4 rings (SSSR count). The molecule has 0 spiro atoms. The van der Waals surface area contributed by atoms with Gasteiger partial charge in [-0.3, -0.25) is 19.2 Å². The molecule has 2 aromatic rings. The standard InChI is InChI=1S/C28H35FN4O6S/c1-16-22(40-15-31-16)17-5-6-18(21(11-17)39-10-9-34)13-30-24(36)20-12-19(35)14-33(20)25(37)23(27(2,3)4)32-26(38)28(29)7-8-28/h5-6,9,11,15,19-20,23,35H,7-8,10,12-14H2,1-4H3,(H,30,36)(H,32,38)/t19-,20+,23-/m1/s1. The minimum Gasteiger partial charge on any atom is -0.486 e. The van der Waals surface area contributed by atoms with E-state index in [9.17, 15) is 28.7 Å². The number of alkyl halides is 1. The van der Waals surface area contributed by atoms with E-state index in [0.29, 0.717) is 17.6 Å². The number of benzene rings is 1. The van der Waals surface area contributed by atoms with Gasteiger partial charge < -0.3 is 25.4 Å². The number of carbonyl (C=O) groups excluding carboxylic acids is 4. The molecule has 1 aromatic heterocycles. The summed E-state index contributed by atoms with van der Waals surface area (Å²) in [6, 6.07) is 3.38. The lowest BCUT2D eigenvalue weighted by atomic mass is 9.85. The van der Waals surface area contributed by atoms with E-state index in [1.54, 1.807) is 38.4 Å². The van der Waals surface area contributed by atoms with Gasteiger partial charge in [-0.1, -0.05) is 32.9 Å². The number of hydrogen-bond acceptors (Lipinski definition) is 8. The fraction of sp³-hybridized carbons (Fsp3) is 0.536. The van der Waals surface area contributed by atoms with Crippen LogP contribution in [-0.4, -0.2) is 76.0 Å². The number of likely N-dealkylation sites (tertiary alicyclic amines) is 1. The lowest BCUT2D eigenvalue weighted by Gasteiger charge is -2.35. The zero-order valence-electron chi connectivity index (χ0n) is 23.0. The first-order chi connectivity index (χ1) is 18.8. The van der Waals surface area contributed by atoms with Crippen LogP contribution in [0.5, 0.6) is 5.75 Å². The number of rotatable bonds is 10. The van der Waals surface area contributed by atoms with Crippen molar-refractivity contribution in [2.24, 2.45) is 5.41 Å². The number of aldehydes is 1. The SMILES string of the molecule is Cc1ncsc1-c1ccc(CNC(=O)[C@@H]2C[C@@H](O)CN2C(=O)[C@@H](NC(=O)C2(F)CC2)C(C)(C)C)c(OCC=O)c1. The number of amides is 3. The van der Waals surface area contributed by atoms with Crippen molar-refractivity contribution in [3.05, 3.63) is 35.0 Å². The first-order valence-electron chi connectivity index (χ1n) is 13.2. The van der Waals surface area contributed by atoms with E-state index in [0.717, 1.165) is 16.1 Å². The average molecular weight is 575 g/mol. The summed E-state index contributed by atoms with van der Waals surface area (Å²) < 4.78 is 20.0. The number of aromatic nitrogens is 1. The van der Waals surface area contributed by atoms with Crippen molar-refractivity contribution in [3.63, 3.8) is 0 Å². The van der Waals surface area contributed by atoms with Crippen molar-refractivity contribution >= 4 is 35.3 Å². The van der Waals surface area contributed by atoms with E-state index in [1.807, 2.05) is 13.0 Å². The van der Waals surface area contributed by atoms with Gasteiger partial charge in [-0.25, -0.2) is 9.37 Å². The molecule has 12 heteroatoms. The highest BCUT2D eigenvalue weighted by atomic mass is 32.1. The Morgan fingerprint density at radius 1 is 1.32 bits per heavy atom. The Bertz CT molecular complexity index is 1290. The molecule has 1 saturated heterocycles. The number of nitrogens with zero attached hydrogens (tertiary/aromatic N) is 2. The van der Waals surface area contributed by atoms with Crippen LogP contribution in [0.25, 0.3) is 10.4 Å². The second-order valence-corrected chi connectivity index (χ2v) is 12.3. The molecule has 216 valence electrons. The van der Waals surface area contributed by atoms with Gasteiger partial charge in [0.05, 0.1) is 22.2 Å². The van der Waals surface area contributed by atoms with Crippen LogP contribution < -0.4 is 15.4 Å². The number of ether oxygens (including phenoxy) is 1. The summed E-state index contributed by atoms with van der Waals surface area (Å²) >= 11 is 1.48. The molecule has 1 saturated carbocycles. The summed E-state index contributed by atoms with van der Waals surface area (Å²) in [4.78, 5) is 56.8. The van der Waals surface area contributed by atoms with Gasteiger partial charge in [-0.15, -0.1) is 11.3 Å². The molecule has 3 N–H and O–H groups in total. The van der Waals surface area contributed by atoms with Crippen molar-refractivity contribution in [1.29, 1.82) is 0 Å². The second-order valence-electron chi connectivity index (χ2n) is 11.4. The quantitative estimate of drug-likeness (QED) is 0.370. The third-order valence-electron chi connectivity index (χ3n) is 7.18. The molecule has 2 heterocycles. The smallest absolute Gasteiger partial charge is 0.258 e. The second kappa shape index (κ2) is 11.6. The van der Waals surface area contributed by atoms with Crippen LogP contribution in [0.4, 0.5) is 4.39 Å². The van der Waals surface area contributed by atoms with Crippen LogP contribution in [0.1, 0.15) is 51.3 Å². The third kappa shape index (κ3) is 6.49. The molecule has 3 atom stereocenters. The summed E-state index contributed by atoms with van der Waals surface area (Å²) in [6.45, 7) is 6.92. The molecule has 0 radical (unpaired) electrons. The van der Waals surface area contributed by atoms with Gasteiger partial charge in [0.25, 0.3) is 5.91 Å². The van der Waals surface area contributed by atoms with Crippen LogP contribution in [0.3, 0.4) is 0 Å². The summed E-state index contributed by atoms with van der Waals surface area (Å²) in [5, 5.41) is 15.7. The third-order valence-corrected chi connectivity index (χ3v) is 8.16. The molecule has 2 fully saturated rings. The Morgan fingerprint density at radius 3 is 2.65 bits per heavy atom. The summed E-state index contributed by atoms with van der Waals surface area (Å²) in [7, 11) is 0. The fourth-order valence-electron chi connectivity index (χ4n) is 4.70. The van der Waals surface area contributed by atoms with Crippen molar-refractivity contribution in [1.82, 2.24) is 20.5 Å². The van der Waals surface area contributed by atoms with Gasteiger partial charge in [0.15, 0.2) is 12.0 Å². The van der Waals surface area contributed by atoms with Crippen LogP contribution in [0.15, 0.2) is 23.7 Å². The number of halogens is 1. The number of nitrogens with one attached hydrogen (secondary N) is 2. The minimum absolute atomic E-state index is 0.0214. The van der Waals surface area contributed by atoms with Gasteiger partial charge in [-0.2, -0.15) is 0 Å². The predicted molar refractivity (Wildman–Crippen MR) is 146 cm³/mol. The van der Waals surface area contributed by atoms with E-state index in [2.05, 4.69) is 15.6 Å². The molecule has 1 aromatic carbocycles. The molecule has 1 aliphatic carbocycles. The van der Waals surface area contributed by atoms with Crippen LogP contribution in [0.2, 0.25) is 0 Å². The monoisotopic (exact) mass is 574 g/mol. The van der Waals surface area contributed by atoms with Crippen LogP contribution >= 0.6 is 11.3 Å². The Morgan fingerprint density at radius 2 is 2.05 bits per heavy atom.